The smallest absolute Gasteiger partial charge is 0.240 e. The summed E-state index contributed by atoms with van der Waals surface area (Å²) in [4.78, 5) is 41.1. The second-order valence-electron chi connectivity index (χ2n) is 7.49. The number of rotatable bonds is 5. The van der Waals surface area contributed by atoms with Crippen LogP contribution in [-0.4, -0.2) is 53.7 Å². The van der Waals surface area contributed by atoms with Gasteiger partial charge in [-0.15, -0.1) is 0 Å². The van der Waals surface area contributed by atoms with E-state index < -0.39 is 5.41 Å². The van der Waals surface area contributed by atoms with Crippen LogP contribution in [0.5, 0.6) is 0 Å². The van der Waals surface area contributed by atoms with Gasteiger partial charge in [0.05, 0.1) is 0 Å². The summed E-state index contributed by atoms with van der Waals surface area (Å²) >= 11 is 0. The molecule has 1 aromatic carbocycles. The van der Waals surface area contributed by atoms with Crippen molar-refractivity contribution < 1.29 is 14.4 Å². The molecule has 0 atom stereocenters. The van der Waals surface area contributed by atoms with Crippen LogP contribution in [0.1, 0.15) is 44.7 Å². The number of para-hydroxylation sites is 1. The topological polar surface area (TPSA) is 69.7 Å². The minimum Gasteiger partial charge on any atom is -0.339 e. The van der Waals surface area contributed by atoms with Gasteiger partial charge in [-0.1, -0.05) is 32.0 Å². The van der Waals surface area contributed by atoms with Crippen molar-refractivity contribution in [2.45, 2.75) is 46.5 Å². The second-order valence-corrected chi connectivity index (χ2v) is 7.49. The largest absolute Gasteiger partial charge is 0.339 e. The molecular weight excluding hydrogens is 342 g/mol. The fraction of sp³-hybridized carbons (Fsp3) is 0.571. The van der Waals surface area contributed by atoms with Crippen LogP contribution in [0.4, 0.5) is 5.69 Å². The number of carbonyl (C=O) groups excluding carboxylic acids is 3. The molecule has 0 aromatic heterocycles. The Balaban J connectivity index is 1.72. The van der Waals surface area contributed by atoms with Crippen LogP contribution in [0.25, 0.3) is 0 Å². The van der Waals surface area contributed by atoms with E-state index >= 15 is 0 Å². The molecule has 0 radical (unpaired) electrons. The molecule has 2 aliphatic rings. The number of nitrogens with one attached hydrogen (secondary N) is 1. The summed E-state index contributed by atoms with van der Waals surface area (Å²) in [5.74, 6) is -0.239. The van der Waals surface area contributed by atoms with Gasteiger partial charge >= 0.3 is 0 Å². The molecule has 1 aliphatic carbocycles. The van der Waals surface area contributed by atoms with Crippen molar-refractivity contribution in [3.8, 4) is 0 Å². The van der Waals surface area contributed by atoms with E-state index in [9.17, 15) is 14.4 Å². The van der Waals surface area contributed by atoms with Crippen molar-refractivity contribution in [1.29, 1.82) is 0 Å². The maximum absolute atomic E-state index is 13.1. The SMILES string of the molecule is CCc1cccc(CC)c1NC(=O)C1(C(=O)N2CCN(C(C)=O)CC2)CC1. The third-order valence-corrected chi connectivity index (χ3v) is 5.84. The zero-order valence-corrected chi connectivity index (χ0v) is 16.5. The molecule has 1 heterocycles. The maximum Gasteiger partial charge on any atom is 0.240 e. The van der Waals surface area contributed by atoms with Crippen LogP contribution in [-0.2, 0) is 27.2 Å². The van der Waals surface area contributed by atoms with E-state index in [2.05, 4.69) is 19.2 Å². The average molecular weight is 371 g/mol. The molecule has 6 nitrogen and oxygen atoms in total. The minimum atomic E-state index is -0.926. The van der Waals surface area contributed by atoms with Crippen molar-refractivity contribution in [2.75, 3.05) is 31.5 Å². The number of hydrogen-bond acceptors (Lipinski definition) is 3. The van der Waals surface area contributed by atoms with E-state index in [1.807, 2.05) is 18.2 Å². The molecule has 3 amide bonds. The standard InChI is InChI=1S/C21H29N3O3/c1-4-16-7-6-8-17(5-2)18(16)22-19(26)21(9-10-21)20(27)24-13-11-23(12-14-24)15(3)25/h6-8H,4-5,9-14H2,1-3H3,(H,22,26). The van der Waals surface area contributed by atoms with E-state index in [0.717, 1.165) is 29.7 Å². The average Bonchev–Trinajstić information content (AvgIpc) is 3.49. The summed E-state index contributed by atoms with van der Waals surface area (Å²) < 4.78 is 0. The molecule has 6 heteroatoms. The van der Waals surface area contributed by atoms with Crippen molar-refractivity contribution in [3.63, 3.8) is 0 Å². The Labute approximate surface area is 160 Å². The summed E-state index contributed by atoms with van der Waals surface area (Å²) in [6.07, 6.45) is 2.86. The molecule has 1 aromatic rings. The first-order chi connectivity index (χ1) is 12.9. The Hall–Kier alpha value is -2.37. The van der Waals surface area contributed by atoms with Gasteiger partial charge in [-0.3, -0.25) is 14.4 Å². The van der Waals surface area contributed by atoms with Crippen molar-refractivity contribution in [2.24, 2.45) is 5.41 Å². The summed E-state index contributed by atoms with van der Waals surface area (Å²) in [6.45, 7) is 7.75. The zero-order valence-electron chi connectivity index (χ0n) is 16.5. The third-order valence-electron chi connectivity index (χ3n) is 5.84. The van der Waals surface area contributed by atoms with E-state index in [1.165, 1.54) is 0 Å². The normalized spacial score (nSPS) is 18.2. The maximum atomic E-state index is 13.1. The fourth-order valence-corrected chi connectivity index (χ4v) is 3.83. The van der Waals surface area contributed by atoms with Gasteiger partial charge in [-0.05, 0) is 36.8 Å². The van der Waals surface area contributed by atoms with Crippen LogP contribution < -0.4 is 5.32 Å². The number of aryl methyl sites for hydroxylation is 2. The van der Waals surface area contributed by atoms with Gasteiger partial charge in [0.25, 0.3) is 0 Å². The Bertz CT molecular complexity index is 725. The van der Waals surface area contributed by atoms with Crippen molar-refractivity contribution in [3.05, 3.63) is 29.3 Å². The number of hydrogen-bond donors (Lipinski definition) is 1. The first-order valence-corrected chi connectivity index (χ1v) is 9.90. The molecular formula is C21H29N3O3. The van der Waals surface area contributed by atoms with Crippen LogP contribution in [0, 0.1) is 5.41 Å². The molecule has 1 aliphatic heterocycles. The predicted octanol–water partition coefficient (Wildman–Crippen LogP) is 2.22. The first kappa shape index (κ1) is 19.4. The summed E-state index contributed by atoms with van der Waals surface area (Å²) in [7, 11) is 0. The van der Waals surface area contributed by atoms with E-state index in [4.69, 9.17) is 0 Å². The van der Waals surface area contributed by atoms with Gasteiger partial charge in [-0.25, -0.2) is 0 Å². The zero-order chi connectivity index (χ0) is 19.6. The monoisotopic (exact) mass is 371 g/mol. The van der Waals surface area contributed by atoms with E-state index in [0.29, 0.717) is 39.0 Å². The molecule has 1 saturated heterocycles. The highest BCUT2D eigenvalue weighted by molar-refractivity contribution is 6.13. The lowest BCUT2D eigenvalue weighted by molar-refractivity contribution is -0.146. The Morgan fingerprint density at radius 1 is 0.963 bits per heavy atom. The van der Waals surface area contributed by atoms with Crippen LogP contribution >= 0.6 is 0 Å². The number of carbonyl (C=O) groups is 3. The molecule has 2 fully saturated rings. The van der Waals surface area contributed by atoms with Gasteiger partial charge in [-0.2, -0.15) is 0 Å². The molecule has 1 saturated carbocycles. The lowest BCUT2D eigenvalue weighted by atomic mass is 9.99. The predicted molar refractivity (Wildman–Crippen MR) is 104 cm³/mol. The lowest BCUT2D eigenvalue weighted by Crippen LogP contribution is -2.53. The minimum absolute atomic E-state index is 0.0317. The highest BCUT2D eigenvalue weighted by Crippen LogP contribution is 2.48. The van der Waals surface area contributed by atoms with E-state index in [-0.39, 0.29) is 17.7 Å². The van der Waals surface area contributed by atoms with Gasteiger partial charge in [0.1, 0.15) is 5.41 Å². The van der Waals surface area contributed by atoms with E-state index in [1.54, 1.807) is 16.7 Å². The Morgan fingerprint density at radius 3 is 1.93 bits per heavy atom. The molecule has 0 spiro atoms. The molecule has 3 rings (SSSR count). The Morgan fingerprint density at radius 2 is 1.48 bits per heavy atom. The quantitative estimate of drug-likeness (QED) is 0.807. The molecule has 0 bridgehead atoms. The summed E-state index contributed by atoms with van der Waals surface area (Å²) in [5.41, 5.74) is 2.14. The van der Waals surface area contributed by atoms with Gasteiger partial charge in [0, 0.05) is 38.8 Å². The molecule has 27 heavy (non-hydrogen) atoms. The number of anilines is 1. The summed E-state index contributed by atoms with van der Waals surface area (Å²) in [6, 6.07) is 6.06. The number of nitrogens with zero attached hydrogens (tertiary/aromatic N) is 2. The van der Waals surface area contributed by atoms with Gasteiger partial charge in [0.2, 0.25) is 17.7 Å². The van der Waals surface area contributed by atoms with Crippen LogP contribution in [0.15, 0.2) is 18.2 Å². The molecule has 0 unspecified atom stereocenters. The first-order valence-electron chi connectivity index (χ1n) is 9.90. The third kappa shape index (κ3) is 3.70. The van der Waals surface area contributed by atoms with Gasteiger partial charge in [0.15, 0.2) is 0 Å². The van der Waals surface area contributed by atoms with Crippen molar-refractivity contribution >= 4 is 23.4 Å². The number of piperazine rings is 1. The van der Waals surface area contributed by atoms with Crippen LogP contribution in [0.3, 0.4) is 0 Å². The number of amides is 3. The van der Waals surface area contributed by atoms with Crippen LogP contribution in [0.2, 0.25) is 0 Å². The second kappa shape index (κ2) is 7.71. The number of benzene rings is 1. The lowest BCUT2D eigenvalue weighted by Gasteiger charge is -2.36. The highest BCUT2D eigenvalue weighted by atomic mass is 16.2. The summed E-state index contributed by atoms with van der Waals surface area (Å²) in [5, 5.41) is 3.08. The molecule has 1 N–H and O–H groups in total. The van der Waals surface area contributed by atoms with Crippen molar-refractivity contribution in [1.82, 2.24) is 9.80 Å². The van der Waals surface area contributed by atoms with Gasteiger partial charge < -0.3 is 15.1 Å². The fourth-order valence-electron chi connectivity index (χ4n) is 3.83. The highest BCUT2D eigenvalue weighted by Gasteiger charge is 2.58. The molecule has 146 valence electrons. The Kier molecular flexibility index (Phi) is 5.53.